The zero-order valence-electron chi connectivity index (χ0n) is 7.38. The summed E-state index contributed by atoms with van der Waals surface area (Å²) in [4.78, 5) is 0. The van der Waals surface area contributed by atoms with Crippen molar-refractivity contribution in [1.82, 2.24) is 0 Å². The Kier molecular flexibility index (Phi) is 3.76. The molecular formula is C10H13BrO. The van der Waals surface area contributed by atoms with Crippen molar-refractivity contribution in [2.75, 3.05) is 7.11 Å². The smallest absolute Gasteiger partial charge is 0.0818 e. The summed E-state index contributed by atoms with van der Waals surface area (Å²) in [5.74, 6) is 0. The van der Waals surface area contributed by atoms with Crippen molar-refractivity contribution in [3.05, 3.63) is 34.3 Å². The van der Waals surface area contributed by atoms with E-state index in [2.05, 4.69) is 35.0 Å². The minimum absolute atomic E-state index is 0.234. The lowest BCUT2D eigenvalue weighted by Crippen LogP contribution is -1.98. The second-order valence-corrected chi connectivity index (χ2v) is 3.60. The fourth-order valence-corrected chi connectivity index (χ4v) is 1.48. The minimum Gasteiger partial charge on any atom is -0.377 e. The van der Waals surface area contributed by atoms with Gasteiger partial charge in [0, 0.05) is 11.6 Å². The first kappa shape index (κ1) is 9.75. The second-order valence-electron chi connectivity index (χ2n) is 2.68. The van der Waals surface area contributed by atoms with Gasteiger partial charge < -0.3 is 4.74 Å². The largest absolute Gasteiger partial charge is 0.377 e. The summed E-state index contributed by atoms with van der Waals surface area (Å²) in [6.07, 6.45) is 1.25. The summed E-state index contributed by atoms with van der Waals surface area (Å²) >= 11 is 3.40. The van der Waals surface area contributed by atoms with Crippen LogP contribution in [-0.2, 0) is 4.74 Å². The molecule has 0 spiro atoms. The van der Waals surface area contributed by atoms with Gasteiger partial charge in [0.15, 0.2) is 0 Å². The van der Waals surface area contributed by atoms with Crippen molar-refractivity contribution < 1.29 is 4.74 Å². The summed E-state index contributed by atoms with van der Waals surface area (Å²) < 4.78 is 6.42. The van der Waals surface area contributed by atoms with E-state index < -0.39 is 0 Å². The highest BCUT2D eigenvalue weighted by molar-refractivity contribution is 9.10. The van der Waals surface area contributed by atoms with Gasteiger partial charge in [0.05, 0.1) is 6.10 Å². The summed E-state index contributed by atoms with van der Waals surface area (Å²) in [6, 6.07) is 8.25. The lowest BCUT2D eigenvalue weighted by Gasteiger charge is -2.12. The van der Waals surface area contributed by atoms with Crippen molar-refractivity contribution in [2.24, 2.45) is 0 Å². The Morgan fingerprint density at radius 3 is 2.33 bits per heavy atom. The SMILES string of the molecule is CC[C@@H](OC)c1ccc(Br)cc1. The van der Waals surface area contributed by atoms with Gasteiger partial charge >= 0.3 is 0 Å². The molecule has 0 saturated carbocycles. The molecule has 0 amide bonds. The molecule has 2 heteroatoms. The molecule has 12 heavy (non-hydrogen) atoms. The van der Waals surface area contributed by atoms with E-state index in [1.165, 1.54) is 5.56 Å². The summed E-state index contributed by atoms with van der Waals surface area (Å²) in [6.45, 7) is 2.12. The zero-order valence-corrected chi connectivity index (χ0v) is 8.97. The fourth-order valence-electron chi connectivity index (χ4n) is 1.22. The highest BCUT2D eigenvalue weighted by Crippen LogP contribution is 2.21. The third kappa shape index (κ3) is 2.32. The van der Waals surface area contributed by atoms with Crippen LogP contribution in [0.1, 0.15) is 25.0 Å². The number of methoxy groups -OCH3 is 1. The van der Waals surface area contributed by atoms with Crippen LogP contribution in [0.4, 0.5) is 0 Å². The topological polar surface area (TPSA) is 9.23 Å². The molecule has 1 nitrogen and oxygen atoms in total. The molecule has 1 rings (SSSR count). The first-order valence-electron chi connectivity index (χ1n) is 4.06. The van der Waals surface area contributed by atoms with Crippen LogP contribution in [-0.4, -0.2) is 7.11 Å². The van der Waals surface area contributed by atoms with Crippen LogP contribution in [0.2, 0.25) is 0 Å². The first-order chi connectivity index (χ1) is 5.77. The molecule has 0 aliphatic rings. The summed E-state index contributed by atoms with van der Waals surface area (Å²) in [5, 5.41) is 0. The highest BCUT2D eigenvalue weighted by Gasteiger charge is 2.05. The number of ether oxygens (including phenoxy) is 1. The van der Waals surface area contributed by atoms with Crippen LogP contribution < -0.4 is 0 Å². The van der Waals surface area contributed by atoms with E-state index >= 15 is 0 Å². The molecule has 0 aromatic heterocycles. The molecule has 1 aromatic carbocycles. The van der Waals surface area contributed by atoms with E-state index in [1.54, 1.807) is 7.11 Å². The van der Waals surface area contributed by atoms with Crippen LogP contribution in [0.25, 0.3) is 0 Å². The molecule has 1 atom stereocenters. The Balaban J connectivity index is 2.80. The lowest BCUT2D eigenvalue weighted by molar-refractivity contribution is 0.100. The van der Waals surface area contributed by atoms with Crippen LogP contribution in [0.15, 0.2) is 28.7 Å². The van der Waals surface area contributed by atoms with E-state index in [0.717, 1.165) is 10.9 Å². The van der Waals surface area contributed by atoms with Crippen LogP contribution in [0.3, 0.4) is 0 Å². The average molecular weight is 229 g/mol. The van der Waals surface area contributed by atoms with Gasteiger partial charge in [-0.1, -0.05) is 35.0 Å². The predicted molar refractivity (Wildman–Crippen MR) is 54.2 cm³/mol. The van der Waals surface area contributed by atoms with Crippen LogP contribution >= 0.6 is 15.9 Å². The average Bonchev–Trinajstić information content (AvgIpc) is 2.10. The van der Waals surface area contributed by atoms with Crippen molar-refractivity contribution in [3.8, 4) is 0 Å². The number of halogens is 1. The maximum absolute atomic E-state index is 5.31. The molecule has 66 valence electrons. The van der Waals surface area contributed by atoms with E-state index in [9.17, 15) is 0 Å². The van der Waals surface area contributed by atoms with Crippen LogP contribution in [0, 0.1) is 0 Å². The van der Waals surface area contributed by atoms with Gasteiger partial charge in [-0.15, -0.1) is 0 Å². The Morgan fingerprint density at radius 2 is 1.92 bits per heavy atom. The van der Waals surface area contributed by atoms with E-state index in [4.69, 9.17) is 4.74 Å². The second kappa shape index (κ2) is 4.63. The first-order valence-corrected chi connectivity index (χ1v) is 4.85. The maximum Gasteiger partial charge on any atom is 0.0818 e. The third-order valence-corrected chi connectivity index (χ3v) is 2.43. The van der Waals surface area contributed by atoms with Crippen LogP contribution in [0.5, 0.6) is 0 Å². The monoisotopic (exact) mass is 228 g/mol. The number of hydrogen-bond donors (Lipinski definition) is 0. The highest BCUT2D eigenvalue weighted by atomic mass is 79.9. The summed E-state index contributed by atoms with van der Waals surface area (Å²) in [7, 11) is 1.75. The summed E-state index contributed by atoms with van der Waals surface area (Å²) in [5.41, 5.74) is 1.24. The Morgan fingerprint density at radius 1 is 1.33 bits per heavy atom. The van der Waals surface area contributed by atoms with Gasteiger partial charge in [0.1, 0.15) is 0 Å². The molecule has 0 heterocycles. The normalized spacial score (nSPS) is 12.9. The number of benzene rings is 1. The van der Waals surface area contributed by atoms with Gasteiger partial charge in [0.25, 0.3) is 0 Å². The molecule has 0 radical (unpaired) electrons. The van der Waals surface area contributed by atoms with Gasteiger partial charge in [-0.05, 0) is 24.1 Å². The van der Waals surface area contributed by atoms with E-state index in [-0.39, 0.29) is 6.10 Å². The van der Waals surface area contributed by atoms with E-state index in [1.807, 2.05) is 12.1 Å². The molecule has 0 saturated heterocycles. The Hall–Kier alpha value is -0.340. The molecule has 0 aliphatic carbocycles. The van der Waals surface area contributed by atoms with E-state index in [0.29, 0.717) is 0 Å². The predicted octanol–water partition coefficient (Wildman–Crippen LogP) is 3.55. The number of hydrogen-bond acceptors (Lipinski definition) is 1. The molecule has 0 fully saturated rings. The standard InChI is InChI=1S/C10H13BrO/c1-3-10(12-2)8-4-6-9(11)7-5-8/h4-7,10H,3H2,1-2H3/t10-/m1/s1. The molecule has 0 aliphatic heterocycles. The molecular weight excluding hydrogens is 216 g/mol. The quantitative estimate of drug-likeness (QED) is 0.770. The van der Waals surface area contributed by atoms with Gasteiger partial charge in [-0.2, -0.15) is 0 Å². The van der Waals surface area contributed by atoms with Crippen molar-refractivity contribution in [3.63, 3.8) is 0 Å². The molecule has 0 unspecified atom stereocenters. The molecule has 0 N–H and O–H groups in total. The van der Waals surface area contributed by atoms with Gasteiger partial charge in [-0.3, -0.25) is 0 Å². The Bertz CT molecular complexity index is 226. The van der Waals surface area contributed by atoms with Crippen molar-refractivity contribution in [1.29, 1.82) is 0 Å². The third-order valence-electron chi connectivity index (χ3n) is 1.90. The maximum atomic E-state index is 5.31. The molecule has 0 bridgehead atoms. The van der Waals surface area contributed by atoms with Crippen molar-refractivity contribution in [2.45, 2.75) is 19.4 Å². The zero-order chi connectivity index (χ0) is 8.97. The fraction of sp³-hybridized carbons (Fsp3) is 0.400. The Labute approximate surface area is 81.9 Å². The van der Waals surface area contributed by atoms with Gasteiger partial charge in [0.2, 0.25) is 0 Å². The lowest BCUT2D eigenvalue weighted by atomic mass is 10.1. The van der Waals surface area contributed by atoms with Crippen molar-refractivity contribution >= 4 is 15.9 Å². The minimum atomic E-state index is 0.234. The molecule has 1 aromatic rings. The number of rotatable bonds is 3. The van der Waals surface area contributed by atoms with Gasteiger partial charge in [-0.25, -0.2) is 0 Å².